The first-order valence-corrected chi connectivity index (χ1v) is 9.41. The second-order valence-electron chi connectivity index (χ2n) is 6.42. The molecule has 0 aliphatic carbocycles. The zero-order valence-electron chi connectivity index (χ0n) is 15.7. The maximum atomic E-state index is 12.9. The Balaban J connectivity index is 1.82. The summed E-state index contributed by atoms with van der Waals surface area (Å²) < 4.78 is 3.21. The van der Waals surface area contributed by atoms with Gasteiger partial charge in [-0.05, 0) is 43.7 Å². The van der Waals surface area contributed by atoms with E-state index < -0.39 is 6.03 Å². The molecule has 3 aromatic rings. The van der Waals surface area contributed by atoms with Gasteiger partial charge in [0.2, 0.25) is 0 Å². The predicted molar refractivity (Wildman–Crippen MR) is 113 cm³/mol. The van der Waals surface area contributed by atoms with Crippen molar-refractivity contribution in [3.05, 3.63) is 80.2 Å². The molecule has 2 aromatic carbocycles. The smallest absolute Gasteiger partial charge is 0.319 e. The van der Waals surface area contributed by atoms with Gasteiger partial charge in [0.15, 0.2) is 0 Å². The monoisotopic (exact) mass is 418 g/mol. The van der Waals surface area contributed by atoms with Gasteiger partial charge < -0.3 is 10.6 Å². The number of nitrogens with zero attached hydrogens (tertiary/aromatic N) is 2. The van der Waals surface area contributed by atoms with Crippen LogP contribution in [0, 0.1) is 6.92 Å². The van der Waals surface area contributed by atoms with Crippen LogP contribution < -0.4 is 16.2 Å². The first kappa shape index (κ1) is 20.0. The van der Waals surface area contributed by atoms with Crippen LogP contribution in [0.5, 0.6) is 0 Å². The van der Waals surface area contributed by atoms with Gasteiger partial charge in [0, 0.05) is 17.1 Å². The summed E-state index contributed by atoms with van der Waals surface area (Å²) in [4.78, 5) is 25.3. The number of hydrogen-bond acceptors (Lipinski definition) is 2. The second-order valence-corrected chi connectivity index (χ2v) is 7.27. The lowest BCUT2D eigenvalue weighted by atomic mass is 10.1. The van der Waals surface area contributed by atoms with Crippen LogP contribution in [0.1, 0.15) is 24.2 Å². The van der Waals surface area contributed by atoms with Crippen molar-refractivity contribution in [3.63, 3.8) is 0 Å². The third-order valence-corrected chi connectivity index (χ3v) is 5.13. The molecule has 0 saturated carbocycles. The Labute approximate surface area is 172 Å². The Hall–Kier alpha value is -2.70. The van der Waals surface area contributed by atoms with E-state index in [-0.39, 0.29) is 17.3 Å². The molecule has 0 fully saturated rings. The van der Waals surface area contributed by atoms with E-state index in [1.807, 2.05) is 30.3 Å². The summed E-state index contributed by atoms with van der Waals surface area (Å²) in [7, 11) is 1.77. The highest BCUT2D eigenvalue weighted by Crippen LogP contribution is 2.26. The van der Waals surface area contributed by atoms with Gasteiger partial charge in [0.05, 0.1) is 17.4 Å². The van der Waals surface area contributed by atoms with Crippen molar-refractivity contribution in [2.24, 2.45) is 7.05 Å². The highest BCUT2D eigenvalue weighted by molar-refractivity contribution is 6.35. The van der Waals surface area contributed by atoms with Crippen LogP contribution in [0.2, 0.25) is 10.0 Å². The lowest BCUT2D eigenvalue weighted by molar-refractivity contribution is 0.249. The molecule has 6 nitrogen and oxygen atoms in total. The van der Waals surface area contributed by atoms with Crippen molar-refractivity contribution >= 4 is 34.9 Å². The maximum absolute atomic E-state index is 12.9. The summed E-state index contributed by atoms with van der Waals surface area (Å²) in [5.74, 6) is 0. The fraction of sp³-hybridized carbons (Fsp3) is 0.200. The zero-order chi connectivity index (χ0) is 20.4. The molecule has 1 atom stereocenters. The molecule has 0 aliphatic rings. The van der Waals surface area contributed by atoms with Gasteiger partial charge in [0.1, 0.15) is 5.69 Å². The molecular weight excluding hydrogens is 399 g/mol. The van der Waals surface area contributed by atoms with Crippen molar-refractivity contribution < 1.29 is 4.79 Å². The lowest BCUT2D eigenvalue weighted by Crippen LogP contribution is -2.33. The van der Waals surface area contributed by atoms with Gasteiger partial charge in [-0.2, -0.15) is 0 Å². The molecule has 0 saturated heterocycles. The number of para-hydroxylation sites is 1. The first-order valence-electron chi connectivity index (χ1n) is 8.66. The van der Waals surface area contributed by atoms with E-state index in [0.29, 0.717) is 21.4 Å². The number of urea groups is 1. The van der Waals surface area contributed by atoms with Crippen LogP contribution in [0.25, 0.3) is 5.69 Å². The quantitative estimate of drug-likeness (QED) is 0.645. The standard InChI is InChI=1S/C20H20Cl2N4O2/c1-12(16-10-9-14(21)11-17(16)22)23-20(28)24-18-13(2)25(3)26(19(18)27)15-7-5-4-6-8-15/h4-12H,1-3H3,(H2,23,24,28)/t12-/m0/s1. The average Bonchev–Trinajstić information content (AvgIpc) is 2.85. The number of anilines is 1. The highest BCUT2D eigenvalue weighted by Gasteiger charge is 2.19. The molecule has 0 unspecified atom stereocenters. The van der Waals surface area contributed by atoms with Crippen molar-refractivity contribution in [1.29, 1.82) is 0 Å². The summed E-state index contributed by atoms with van der Waals surface area (Å²) in [5.41, 5.74) is 2.00. The number of amides is 2. The number of carbonyl (C=O) groups is 1. The molecule has 1 heterocycles. The highest BCUT2D eigenvalue weighted by atomic mass is 35.5. The van der Waals surface area contributed by atoms with Crippen molar-refractivity contribution in [2.75, 3.05) is 5.32 Å². The average molecular weight is 419 g/mol. The van der Waals surface area contributed by atoms with Crippen LogP contribution in [0.3, 0.4) is 0 Å². The normalized spacial score (nSPS) is 11.9. The van der Waals surface area contributed by atoms with Gasteiger partial charge in [-0.1, -0.05) is 47.5 Å². The number of benzene rings is 2. The molecule has 0 bridgehead atoms. The number of carbonyl (C=O) groups excluding carboxylic acids is 1. The summed E-state index contributed by atoms with van der Waals surface area (Å²) in [6, 6.07) is 13.4. The number of rotatable bonds is 4. The number of hydrogen-bond donors (Lipinski definition) is 2. The summed E-state index contributed by atoms with van der Waals surface area (Å²) >= 11 is 12.1. The lowest BCUT2D eigenvalue weighted by Gasteiger charge is -2.16. The van der Waals surface area contributed by atoms with E-state index >= 15 is 0 Å². The Morgan fingerprint density at radius 3 is 2.43 bits per heavy atom. The molecule has 0 radical (unpaired) electrons. The van der Waals surface area contributed by atoms with Crippen LogP contribution in [0.4, 0.5) is 10.5 Å². The van der Waals surface area contributed by atoms with Gasteiger partial charge in [-0.25, -0.2) is 9.48 Å². The van der Waals surface area contributed by atoms with Gasteiger partial charge in [-0.3, -0.25) is 9.48 Å². The van der Waals surface area contributed by atoms with Crippen LogP contribution in [-0.4, -0.2) is 15.4 Å². The fourth-order valence-corrected chi connectivity index (χ4v) is 3.56. The third-order valence-electron chi connectivity index (χ3n) is 4.57. The topological polar surface area (TPSA) is 68.1 Å². The van der Waals surface area contributed by atoms with E-state index in [1.54, 1.807) is 43.8 Å². The van der Waals surface area contributed by atoms with E-state index in [0.717, 1.165) is 5.56 Å². The predicted octanol–water partition coefficient (Wildman–Crippen LogP) is 4.67. The Kier molecular flexibility index (Phi) is 5.82. The summed E-state index contributed by atoms with van der Waals surface area (Å²) in [6.07, 6.45) is 0. The van der Waals surface area contributed by atoms with E-state index in [1.165, 1.54) is 4.68 Å². The molecular formula is C20H20Cl2N4O2. The zero-order valence-corrected chi connectivity index (χ0v) is 17.2. The minimum atomic E-state index is -0.496. The summed E-state index contributed by atoms with van der Waals surface area (Å²) in [6.45, 7) is 3.57. The summed E-state index contributed by atoms with van der Waals surface area (Å²) in [5, 5.41) is 6.44. The Morgan fingerprint density at radius 2 is 1.79 bits per heavy atom. The molecule has 0 aliphatic heterocycles. The SMILES string of the molecule is Cc1c(NC(=O)N[C@@H](C)c2ccc(Cl)cc2Cl)c(=O)n(-c2ccccc2)n1C. The number of nitrogens with one attached hydrogen (secondary N) is 2. The van der Waals surface area contributed by atoms with Crippen molar-refractivity contribution in [3.8, 4) is 5.69 Å². The van der Waals surface area contributed by atoms with Crippen LogP contribution in [0.15, 0.2) is 53.3 Å². The van der Waals surface area contributed by atoms with Crippen molar-refractivity contribution in [1.82, 2.24) is 14.7 Å². The number of halogens is 2. The number of aromatic nitrogens is 2. The van der Waals surface area contributed by atoms with Crippen LogP contribution in [-0.2, 0) is 7.05 Å². The molecule has 2 amide bonds. The minimum Gasteiger partial charge on any atom is -0.331 e. The molecule has 28 heavy (non-hydrogen) atoms. The molecule has 146 valence electrons. The molecule has 2 N–H and O–H groups in total. The van der Waals surface area contributed by atoms with Gasteiger partial charge in [-0.15, -0.1) is 0 Å². The van der Waals surface area contributed by atoms with E-state index in [4.69, 9.17) is 23.2 Å². The molecule has 8 heteroatoms. The second kappa shape index (κ2) is 8.12. The Bertz CT molecular complexity index is 1070. The van der Waals surface area contributed by atoms with E-state index in [9.17, 15) is 9.59 Å². The maximum Gasteiger partial charge on any atom is 0.319 e. The van der Waals surface area contributed by atoms with Crippen molar-refractivity contribution in [2.45, 2.75) is 19.9 Å². The van der Waals surface area contributed by atoms with Crippen LogP contribution >= 0.6 is 23.2 Å². The minimum absolute atomic E-state index is 0.221. The fourth-order valence-electron chi connectivity index (χ4n) is 2.99. The first-order chi connectivity index (χ1) is 13.3. The van der Waals surface area contributed by atoms with Gasteiger partial charge in [0.25, 0.3) is 5.56 Å². The molecule has 3 rings (SSSR count). The molecule has 0 spiro atoms. The van der Waals surface area contributed by atoms with Gasteiger partial charge >= 0.3 is 6.03 Å². The Morgan fingerprint density at radius 1 is 1.11 bits per heavy atom. The third kappa shape index (κ3) is 3.93. The van der Waals surface area contributed by atoms with E-state index in [2.05, 4.69) is 10.6 Å². The molecule has 1 aromatic heterocycles. The largest absolute Gasteiger partial charge is 0.331 e.